The van der Waals surface area contributed by atoms with Crippen LogP contribution in [0.25, 0.3) is 0 Å². The number of pyridine rings is 1. The first-order valence-electron chi connectivity index (χ1n) is 9.44. The minimum atomic E-state index is -0.679. The van der Waals surface area contributed by atoms with Crippen LogP contribution in [0.1, 0.15) is 42.5 Å². The molecule has 3 rings (SSSR count). The molecule has 2 heterocycles. The number of guanidine groups is 1. The number of methoxy groups -OCH3 is 1. The van der Waals surface area contributed by atoms with Crippen LogP contribution in [0.15, 0.2) is 21.6 Å². The molecule has 0 radical (unpaired) electrons. The Morgan fingerprint density at radius 2 is 2.10 bits per heavy atom. The number of ether oxygens (including phenoxy) is 2. The van der Waals surface area contributed by atoms with Gasteiger partial charge in [-0.1, -0.05) is 13.3 Å². The fourth-order valence-electron chi connectivity index (χ4n) is 3.18. The van der Waals surface area contributed by atoms with E-state index in [0.717, 1.165) is 12.8 Å². The molecule has 160 valence electrons. The molecule has 1 aliphatic heterocycles. The number of nitrogens with zero attached hydrogens (tertiary/aromatic N) is 4. The van der Waals surface area contributed by atoms with Crippen LogP contribution < -0.4 is 31.6 Å². The molecule has 1 unspecified atom stereocenters. The van der Waals surface area contributed by atoms with Gasteiger partial charge in [0, 0.05) is 5.56 Å². The molecule has 1 aromatic heterocycles. The van der Waals surface area contributed by atoms with Gasteiger partial charge < -0.3 is 26.3 Å². The summed E-state index contributed by atoms with van der Waals surface area (Å²) in [6.07, 6.45) is 3.74. The van der Waals surface area contributed by atoms with Gasteiger partial charge in [-0.25, -0.2) is 9.98 Å². The summed E-state index contributed by atoms with van der Waals surface area (Å²) in [5, 5.41) is 23.9. The van der Waals surface area contributed by atoms with Crippen molar-refractivity contribution in [2.75, 3.05) is 30.5 Å². The minimum absolute atomic E-state index is 0.0124. The Hall–Kier alpha value is -3.70. The van der Waals surface area contributed by atoms with Crippen LogP contribution in [-0.2, 0) is 0 Å². The maximum Gasteiger partial charge on any atom is 0.211 e. The second-order valence-electron chi connectivity index (χ2n) is 6.64. The molecule has 0 bridgehead atoms. The summed E-state index contributed by atoms with van der Waals surface area (Å²) < 4.78 is 12.1. The second kappa shape index (κ2) is 9.41. The van der Waals surface area contributed by atoms with E-state index in [1.165, 1.54) is 0 Å². The maximum absolute atomic E-state index is 9.45. The second-order valence-corrected chi connectivity index (χ2v) is 7.49. The van der Waals surface area contributed by atoms with Crippen molar-refractivity contribution in [2.24, 2.45) is 4.99 Å². The molecule has 0 saturated carbocycles. The van der Waals surface area contributed by atoms with Gasteiger partial charge in [0.15, 0.2) is 17.7 Å². The van der Waals surface area contributed by atoms with Crippen molar-refractivity contribution in [1.82, 2.24) is 10.3 Å². The van der Waals surface area contributed by atoms with Crippen molar-refractivity contribution in [3.63, 3.8) is 0 Å². The SMILES string of the molecule is CCCCOc1c(Br)cc(C2N=C(NC#N)Nc3nc(N)c(C#N)c(N)c32)cc1OC. The van der Waals surface area contributed by atoms with E-state index >= 15 is 0 Å². The van der Waals surface area contributed by atoms with E-state index in [9.17, 15) is 5.26 Å². The van der Waals surface area contributed by atoms with Gasteiger partial charge >= 0.3 is 0 Å². The van der Waals surface area contributed by atoms with Crippen LogP contribution in [0.2, 0.25) is 0 Å². The smallest absolute Gasteiger partial charge is 0.211 e. The number of hydrogen-bond acceptors (Lipinski definition) is 10. The molecule has 0 fully saturated rings. The van der Waals surface area contributed by atoms with Crippen molar-refractivity contribution in [2.45, 2.75) is 25.8 Å². The molecule has 6 N–H and O–H groups in total. The Bertz CT molecular complexity index is 1120. The standard InChI is InChI=1S/C20H21BrN8O2/c1-3-4-5-31-17-12(21)6-10(7-13(17)30-2)16-14-15(24)11(8-22)18(25)28-19(14)29-20(27-16)26-9-23/h6-7,16H,3-5H2,1-2H3,(H6,24,25,26,27,28,29). The number of nitrogens with one attached hydrogen (secondary N) is 2. The number of aliphatic imine (C=N–C) groups is 1. The van der Waals surface area contributed by atoms with E-state index in [1.807, 2.05) is 18.3 Å². The molecule has 1 aromatic carbocycles. The summed E-state index contributed by atoms with van der Waals surface area (Å²) in [5.41, 5.74) is 13.6. The van der Waals surface area contributed by atoms with Gasteiger partial charge in [0.05, 0.1) is 23.9 Å². The Labute approximate surface area is 188 Å². The molecule has 0 aliphatic carbocycles. The highest BCUT2D eigenvalue weighted by Crippen LogP contribution is 2.44. The number of rotatable bonds is 6. The Kier molecular flexibility index (Phi) is 6.68. The zero-order chi connectivity index (χ0) is 22.5. The lowest BCUT2D eigenvalue weighted by molar-refractivity contribution is 0.286. The van der Waals surface area contributed by atoms with E-state index in [2.05, 4.69) is 43.5 Å². The van der Waals surface area contributed by atoms with Crippen LogP contribution in [0.4, 0.5) is 17.3 Å². The Morgan fingerprint density at radius 1 is 1.32 bits per heavy atom. The van der Waals surface area contributed by atoms with Gasteiger partial charge in [0.2, 0.25) is 5.96 Å². The van der Waals surface area contributed by atoms with Crippen molar-refractivity contribution >= 4 is 39.2 Å². The van der Waals surface area contributed by atoms with Crippen LogP contribution in [0, 0.1) is 22.8 Å². The molecule has 10 nitrogen and oxygen atoms in total. The number of aromatic nitrogens is 1. The fourth-order valence-corrected chi connectivity index (χ4v) is 3.75. The third-order valence-electron chi connectivity index (χ3n) is 4.67. The van der Waals surface area contributed by atoms with Gasteiger partial charge in [-0.2, -0.15) is 10.5 Å². The summed E-state index contributed by atoms with van der Waals surface area (Å²) in [5.74, 6) is 1.56. The average Bonchev–Trinajstić information content (AvgIpc) is 2.74. The highest BCUT2D eigenvalue weighted by molar-refractivity contribution is 9.10. The number of halogens is 1. The van der Waals surface area contributed by atoms with E-state index in [1.54, 1.807) is 13.2 Å². The van der Waals surface area contributed by atoms with Crippen molar-refractivity contribution in [3.8, 4) is 23.8 Å². The number of anilines is 3. The number of nitrogens with two attached hydrogens (primary N) is 2. The largest absolute Gasteiger partial charge is 0.493 e. The van der Waals surface area contributed by atoms with Crippen molar-refractivity contribution < 1.29 is 9.47 Å². The zero-order valence-corrected chi connectivity index (χ0v) is 18.6. The number of fused-ring (bicyclic) bond motifs is 1. The summed E-state index contributed by atoms with van der Waals surface area (Å²) in [6, 6.07) is 4.92. The molecule has 0 saturated heterocycles. The highest BCUT2D eigenvalue weighted by atomic mass is 79.9. The van der Waals surface area contributed by atoms with Crippen LogP contribution >= 0.6 is 15.9 Å². The van der Waals surface area contributed by atoms with Crippen LogP contribution in [0.3, 0.4) is 0 Å². The fraction of sp³-hybridized carbons (Fsp3) is 0.300. The van der Waals surface area contributed by atoms with Crippen LogP contribution in [0.5, 0.6) is 11.5 Å². The van der Waals surface area contributed by atoms with Crippen molar-refractivity contribution in [1.29, 1.82) is 10.5 Å². The monoisotopic (exact) mass is 484 g/mol. The molecular formula is C20H21BrN8O2. The lowest BCUT2D eigenvalue weighted by atomic mass is 9.95. The molecule has 31 heavy (non-hydrogen) atoms. The Balaban J connectivity index is 2.17. The van der Waals surface area contributed by atoms with E-state index < -0.39 is 6.04 Å². The van der Waals surface area contributed by atoms with Crippen molar-refractivity contribution in [3.05, 3.63) is 33.3 Å². The van der Waals surface area contributed by atoms with Gasteiger partial charge in [0.25, 0.3) is 0 Å². The number of nitriles is 2. The first-order valence-corrected chi connectivity index (χ1v) is 10.2. The van der Waals surface area contributed by atoms with Gasteiger partial charge in [-0.3, -0.25) is 5.32 Å². The summed E-state index contributed by atoms with van der Waals surface area (Å²) in [4.78, 5) is 8.81. The first-order chi connectivity index (χ1) is 14.9. The van der Waals surface area contributed by atoms with E-state index in [4.69, 9.17) is 26.2 Å². The minimum Gasteiger partial charge on any atom is -0.493 e. The number of unbranched alkanes of at least 4 members (excludes halogenated alkanes) is 1. The Morgan fingerprint density at radius 3 is 2.74 bits per heavy atom. The topological polar surface area (TPSA) is 167 Å². The third-order valence-corrected chi connectivity index (χ3v) is 5.26. The quantitative estimate of drug-likeness (QED) is 0.273. The normalized spacial score (nSPS) is 14.4. The maximum atomic E-state index is 9.45. The van der Waals surface area contributed by atoms with Gasteiger partial charge in [-0.15, -0.1) is 0 Å². The summed E-state index contributed by atoms with van der Waals surface area (Å²) in [7, 11) is 1.55. The average molecular weight is 485 g/mol. The molecule has 2 aromatic rings. The number of nitrogen functional groups attached to an aromatic ring is 2. The van der Waals surface area contributed by atoms with E-state index in [0.29, 0.717) is 39.5 Å². The molecule has 0 spiro atoms. The van der Waals surface area contributed by atoms with Crippen LogP contribution in [-0.4, -0.2) is 24.7 Å². The number of hydrogen-bond donors (Lipinski definition) is 4. The first kappa shape index (κ1) is 22.0. The van der Waals surface area contributed by atoms with E-state index in [-0.39, 0.29) is 23.0 Å². The molecule has 1 atom stereocenters. The molecular weight excluding hydrogens is 464 g/mol. The third kappa shape index (κ3) is 4.27. The molecule has 0 amide bonds. The highest BCUT2D eigenvalue weighted by Gasteiger charge is 2.30. The lowest BCUT2D eigenvalue weighted by Gasteiger charge is -2.27. The predicted molar refractivity (Wildman–Crippen MR) is 121 cm³/mol. The molecule has 11 heteroatoms. The zero-order valence-electron chi connectivity index (χ0n) is 17.0. The lowest BCUT2D eigenvalue weighted by Crippen LogP contribution is -2.32. The van der Waals surface area contributed by atoms with Gasteiger partial charge in [0.1, 0.15) is 29.3 Å². The molecule has 1 aliphatic rings. The summed E-state index contributed by atoms with van der Waals surface area (Å²) >= 11 is 3.55. The number of benzene rings is 1. The summed E-state index contributed by atoms with van der Waals surface area (Å²) in [6.45, 7) is 2.63. The predicted octanol–water partition coefficient (Wildman–Crippen LogP) is 3.01. The van der Waals surface area contributed by atoms with Gasteiger partial charge in [-0.05, 0) is 40.0 Å².